The molecule has 3 nitrogen and oxygen atoms in total. The average Bonchev–Trinajstić information content (AvgIpc) is 2.83. The normalized spacial score (nSPS) is 15.7. The largest absolute Gasteiger partial charge is 0.376 e. The Morgan fingerprint density at radius 3 is 2.78 bits per heavy atom. The first kappa shape index (κ1) is 13.3. The van der Waals surface area contributed by atoms with Crippen molar-refractivity contribution in [2.45, 2.75) is 31.7 Å². The number of nitrogens with one attached hydrogen (secondary N) is 2. The summed E-state index contributed by atoms with van der Waals surface area (Å²) in [6.45, 7) is 0.178. The average molecular weight is 315 g/mol. The van der Waals surface area contributed by atoms with Gasteiger partial charge in [0.15, 0.2) is 0 Å². The summed E-state index contributed by atoms with van der Waals surface area (Å²) in [6.07, 6.45) is 4.52. The molecule has 1 fully saturated rings. The molecule has 2 rings (SSSR count). The molecule has 5 heteroatoms. The van der Waals surface area contributed by atoms with E-state index in [1.165, 1.54) is 18.9 Å². The zero-order valence-electron chi connectivity index (χ0n) is 10.0. The lowest BCUT2D eigenvalue weighted by atomic mass is 10.2. The summed E-state index contributed by atoms with van der Waals surface area (Å²) in [7, 11) is 0. The standard InChI is InChI=1S/C13H16BrFN2O/c14-11-6-5-10(7-12(11)15)16-8-13(18)17-9-3-1-2-4-9/h5-7,9,16H,1-4,8H2,(H,17,18). The maximum Gasteiger partial charge on any atom is 0.239 e. The molecule has 1 saturated carbocycles. The molecular formula is C13H16BrFN2O. The number of hydrogen-bond acceptors (Lipinski definition) is 2. The van der Waals surface area contributed by atoms with E-state index in [9.17, 15) is 9.18 Å². The van der Waals surface area contributed by atoms with E-state index in [1.807, 2.05) is 0 Å². The van der Waals surface area contributed by atoms with Crippen LogP contribution in [-0.2, 0) is 4.79 Å². The van der Waals surface area contributed by atoms with Gasteiger partial charge in [0.25, 0.3) is 0 Å². The molecule has 0 unspecified atom stereocenters. The fourth-order valence-electron chi connectivity index (χ4n) is 2.14. The van der Waals surface area contributed by atoms with E-state index >= 15 is 0 Å². The van der Waals surface area contributed by atoms with E-state index in [4.69, 9.17) is 0 Å². The Balaban J connectivity index is 1.79. The molecule has 0 bridgehead atoms. The van der Waals surface area contributed by atoms with Gasteiger partial charge in [0.05, 0.1) is 11.0 Å². The molecule has 1 aliphatic rings. The second-order valence-electron chi connectivity index (χ2n) is 4.53. The quantitative estimate of drug-likeness (QED) is 0.896. The molecule has 0 radical (unpaired) electrons. The maximum absolute atomic E-state index is 13.2. The molecule has 98 valence electrons. The minimum absolute atomic E-state index is 0.0368. The van der Waals surface area contributed by atoms with Crippen molar-refractivity contribution in [2.24, 2.45) is 0 Å². The first-order valence-electron chi connectivity index (χ1n) is 6.13. The molecule has 1 aliphatic carbocycles. The van der Waals surface area contributed by atoms with Gasteiger partial charge >= 0.3 is 0 Å². The van der Waals surface area contributed by atoms with Crippen molar-refractivity contribution in [1.29, 1.82) is 0 Å². The van der Waals surface area contributed by atoms with Crippen LogP contribution in [0.1, 0.15) is 25.7 Å². The Labute approximate surface area is 114 Å². The van der Waals surface area contributed by atoms with Crippen molar-refractivity contribution in [3.8, 4) is 0 Å². The molecule has 2 N–H and O–H groups in total. The second kappa shape index (κ2) is 6.18. The first-order chi connectivity index (χ1) is 8.65. The highest BCUT2D eigenvalue weighted by molar-refractivity contribution is 9.10. The number of carbonyl (C=O) groups is 1. The minimum atomic E-state index is -0.337. The number of carbonyl (C=O) groups excluding carboxylic acids is 1. The van der Waals surface area contributed by atoms with Crippen LogP contribution in [0.2, 0.25) is 0 Å². The van der Waals surface area contributed by atoms with E-state index in [-0.39, 0.29) is 18.3 Å². The Kier molecular flexibility index (Phi) is 4.58. The van der Waals surface area contributed by atoms with Crippen molar-refractivity contribution >= 4 is 27.5 Å². The van der Waals surface area contributed by atoms with Crippen LogP contribution in [0.25, 0.3) is 0 Å². The topological polar surface area (TPSA) is 41.1 Å². The third-order valence-electron chi connectivity index (χ3n) is 3.09. The van der Waals surface area contributed by atoms with Crippen LogP contribution in [0.4, 0.5) is 10.1 Å². The van der Waals surface area contributed by atoms with Gasteiger partial charge in [-0.2, -0.15) is 0 Å². The van der Waals surface area contributed by atoms with E-state index in [0.717, 1.165) is 12.8 Å². The fraction of sp³-hybridized carbons (Fsp3) is 0.462. The van der Waals surface area contributed by atoms with Crippen molar-refractivity contribution in [2.75, 3.05) is 11.9 Å². The van der Waals surface area contributed by atoms with Crippen molar-refractivity contribution in [3.05, 3.63) is 28.5 Å². The number of benzene rings is 1. The van der Waals surface area contributed by atoms with Gasteiger partial charge in [-0.15, -0.1) is 0 Å². The van der Waals surface area contributed by atoms with Crippen LogP contribution >= 0.6 is 15.9 Å². The molecule has 1 aromatic carbocycles. The summed E-state index contributed by atoms with van der Waals surface area (Å²) < 4.78 is 13.7. The van der Waals surface area contributed by atoms with Crippen LogP contribution in [0, 0.1) is 5.82 Å². The number of anilines is 1. The molecular weight excluding hydrogens is 299 g/mol. The smallest absolute Gasteiger partial charge is 0.239 e. The second-order valence-corrected chi connectivity index (χ2v) is 5.39. The maximum atomic E-state index is 13.2. The molecule has 1 aromatic rings. The minimum Gasteiger partial charge on any atom is -0.376 e. The Hall–Kier alpha value is -1.10. The fourth-order valence-corrected chi connectivity index (χ4v) is 2.38. The summed E-state index contributed by atoms with van der Waals surface area (Å²) in [5, 5.41) is 5.88. The van der Waals surface area contributed by atoms with Crippen molar-refractivity contribution in [1.82, 2.24) is 5.32 Å². The predicted octanol–water partition coefficient (Wildman–Crippen LogP) is 3.06. The molecule has 1 amide bonds. The highest BCUT2D eigenvalue weighted by atomic mass is 79.9. The zero-order valence-corrected chi connectivity index (χ0v) is 11.6. The molecule has 18 heavy (non-hydrogen) atoms. The van der Waals surface area contributed by atoms with Gasteiger partial charge in [-0.1, -0.05) is 12.8 Å². The van der Waals surface area contributed by atoms with Gasteiger partial charge in [0.1, 0.15) is 5.82 Å². The molecule has 0 heterocycles. The van der Waals surface area contributed by atoms with Gasteiger partial charge in [-0.25, -0.2) is 4.39 Å². The predicted molar refractivity (Wildman–Crippen MR) is 73.0 cm³/mol. The van der Waals surface area contributed by atoms with Crippen molar-refractivity contribution in [3.63, 3.8) is 0 Å². The summed E-state index contributed by atoms with van der Waals surface area (Å²) in [4.78, 5) is 11.6. The number of hydrogen-bond donors (Lipinski definition) is 2. The summed E-state index contributed by atoms with van der Waals surface area (Å²) in [5.74, 6) is -0.374. The Morgan fingerprint density at radius 1 is 1.39 bits per heavy atom. The summed E-state index contributed by atoms with van der Waals surface area (Å²) >= 11 is 3.09. The molecule has 0 spiro atoms. The molecule has 0 aliphatic heterocycles. The van der Waals surface area contributed by atoms with E-state index < -0.39 is 0 Å². The van der Waals surface area contributed by atoms with Crippen LogP contribution in [-0.4, -0.2) is 18.5 Å². The van der Waals surface area contributed by atoms with E-state index in [0.29, 0.717) is 16.2 Å². The van der Waals surface area contributed by atoms with Crippen LogP contribution < -0.4 is 10.6 Å². The van der Waals surface area contributed by atoms with Gasteiger partial charge in [0, 0.05) is 11.7 Å². The molecule has 0 atom stereocenters. The van der Waals surface area contributed by atoms with Crippen LogP contribution in [0.15, 0.2) is 22.7 Å². The highest BCUT2D eigenvalue weighted by Gasteiger charge is 2.16. The zero-order chi connectivity index (χ0) is 13.0. The highest BCUT2D eigenvalue weighted by Crippen LogP contribution is 2.19. The van der Waals surface area contributed by atoms with Gasteiger partial charge in [-0.3, -0.25) is 4.79 Å². The van der Waals surface area contributed by atoms with Crippen LogP contribution in [0.3, 0.4) is 0 Å². The first-order valence-corrected chi connectivity index (χ1v) is 6.93. The third-order valence-corrected chi connectivity index (χ3v) is 3.74. The van der Waals surface area contributed by atoms with E-state index in [2.05, 4.69) is 26.6 Å². The Morgan fingerprint density at radius 2 is 2.11 bits per heavy atom. The van der Waals surface area contributed by atoms with Crippen molar-refractivity contribution < 1.29 is 9.18 Å². The number of amides is 1. The monoisotopic (exact) mass is 314 g/mol. The molecule has 0 aromatic heterocycles. The number of halogens is 2. The van der Waals surface area contributed by atoms with Gasteiger partial charge in [0.2, 0.25) is 5.91 Å². The molecule has 0 saturated heterocycles. The lowest BCUT2D eigenvalue weighted by Gasteiger charge is -2.13. The van der Waals surface area contributed by atoms with Crippen LogP contribution in [0.5, 0.6) is 0 Å². The SMILES string of the molecule is O=C(CNc1ccc(Br)c(F)c1)NC1CCCC1. The van der Waals surface area contributed by atoms with E-state index in [1.54, 1.807) is 12.1 Å². The lowest BCUT2D eigenvalue weighted by molar-refractivity contribution is -0.120. The Bertz CT molecular complexity index is 433. The summed E-state index contributed by atoms with van der Waals surface area (Å²) in [5.41, 5.74) is 0.609. The van der Waals surface area contributed by atoms with Gasteiger partial charge < -0.3 is 10.6 Å². The lowest BCUT2D eigenvalue weighted by Crippen LogP contribution is -2.36. The van der Waals surface area contributed by atoms with Gasteiger partial charge in [-0.05, 0) is 47.0 Å². The third kappa shape index (κ3) is 3.70. The summed E-state index contributed by atoms with van der Waals surface area (Å²) in [6, 6.07) is 5.04. The number of rotatable bonds is 4.